The van der Waals surface area contributed by atoms with Gasteiger partial charge in [0.15, 0.2) is 0 Å². The average Bonchev–Trinajstić information content (AvgIpc) is 3.26. The van der Waals surface area contributed by atoms with Gasteiger partial charge in [-0.05, 0) is 63.3 Å². The van der Waals surface area contributed by atoms with Gasteiger partial charge in [0.2, 0.25) is 0 Å². The highest BCUT2D eigenvalue weighted by Gasteiger charge is 2.22. The maximum absolute atomic E-state index is 12.6. The first-order valence-corrected chi connectivity index (χ1v) is 10.7. The summed E-state index contributed by atoms with van der Waals surface area (Å²) in [6.45, 7) is 9.13. The maximum Gasteiger partial charge on any atom is 0.337 e. The van der Waals surface area contributed by atoms with Gasteiger partial charge in [-0.2, -0.15) is 0 Å². The number of carbonyl (C=O) groups excluding carboxylic acids is 2. The highest BCUT2D eigenvalue weighted by Crippen LogP contribution is 2.30. The predicted octanol–water partition coefficient (Wildman–Crippen LogP) is 3.32. The minimum atomic E-state index is -0.408. The Bertz CT molecular complexity index is 718. The number of urea groups is 1. The number of rotatable bonds is 6. The number of nitrogens with one attached hydrogen (secondary N) is 2. The van der Waals surface area contributed by atoms with Crippen LogP contribution in [0, 0.1) is 5.92 Å². The fraction of sp³-hybridized carbons (Fsp3) is 0.636. The summed E-state index contributed by atoms with van der Waals surface area (Å²) in [4.78, 5) is 29.2. The molecular weight excluding hydrogens is 368 g/mol. The monoisotopic (exact) mass is 402 g/mol. The smallest absolute Gasteiger partial charge is 0.337 e. The highest BCUT2D eigenvalue weighted by atomic mass is 16.5. The Hall–Kier alpha value is -2.28. The number of likely N-dealkylation sites (tertiary alicyclic amines) is 1. The molecule has 160 valence electrons. The third-order valence-electron chi connectivity index (χ3n) is 5.98. The van der Waals surface area contributed by atoms with Crippen molar-refractivity contribution in [2.24, 2.45) is 5.92 Å². The molecule has 1 aromatic carbocycles. The van der Waals surface area contributed by atoms with Gasteiger partial charge in [0.1, 0.15) is 0 Å². The predicted molar refractivity (Wildman–Crippen MR) is 116 cm³/mol. The largest absolute Gasteiger partial charge is 0.465 e. The van der Waals surface area contributed by atoms with Crippen molar-refractivity contribution in [1.82, 2.24) is 10.2 Å². The normalized spacial score (nSPS) is 20.9. The van der Waals surface area contributed by atoms with Crippen molar-refractivity contribution in [3.63, 3.8) is 0 Å². The molecule has 0 bridgehead atoms. The lowest BCUT2D eigenvalue weighted by molar-refractivity contribution is 0.0600. The molecule has 2 aliphatic rings. The Morgan fingerprint density at radius 3 is 2.66 bits per heavy atom. The van der Waals surface area contributed by atoms with Crippen LogP contribution in [0.25, 0.3) is 0 Å². The van der Waals surface area contributed by atoms with Crippen LogP contribution in [-0.4, -0.2) is 62.8 Å². The molecule has 2 N–H and O–H groups in total. The number of nitrogens with zero attached hydrogens (tertiary/aromatic N) is 2. The van der Waals surface area contributed by atoms with E-state index in [1.54, 1.807) is 12.1 Å². The van der Waals surface area contributed by atoms with Crippen molar-refractivity contribution in [1.29, 1.82) is 0 Å². The molecule has 0 spiro atoms. The molecule has 29 heavy (non-hydrogen) atoms. The van der Waals surface area contributed by atoms with E-state index in [9.17, 15) is 9.59 Å². The van der Waals surface area contributed by atoms with Gasteiger partial charge in [0.05, 0.1) is 24.0 Å². The zero-order valence-electron chi connectivity index (χ0n) is 17.9. The van der Waals surface area contributed by atoms with Crippen molar-refractivity contribution in [3.8, 4) is 0 Å². The quantitative estimate of drug-likeness (QED) is 0.714. The Morgan fingerprint density at radius 2 is 1.97 bits per heavy atom. The Kier molecular flexibility index (Phi) is 7.36. The Labute approximate surface area is 173 Å². The van der Waals surface area contributed by atoms with Gasteiger partial charge in [-0.3, -0.25) is 4.90 Å². The molecule has 0 aromatic heterocycles. The first-order chi connectivity index (χ1) is 14.0. The third-order valence-corrected chi connectivity index (χ3v) is 5.98. The van der Waals surface area contributed by atoms with E-state index in [1.165, 1.54) is 20.0 Å². The molecule has 2 fully saturated rings. The summed E-state index contributed by atoms with van der Waals surface area (Å²) in [5.74, 6) is 0.304. The van der Waals surface area contributed by atoms with Crippen molar-refractivity contribution in [2.45, 2.75) is 45.6 Å². The maximum atomic E-state index is 12.6. The van der Waals surface area contributed by atoms with Crippen LogP contribution >= 0.6 is 0 Å². The van der Waals surface area contributed by atoms with E-state index in [2.05, 4.69) is 34.3 Å². The number of benzene rings is 1. The highest BCUT2D eigenvalue weighted by molar-refractivity contribution is 5.97. The van der Waals surface area contributed by atoms with Crippen molar-refractivity contribution < 1.29 is 14.3 Å². The molecule has 3 rings (SSSR count). The van der Waals surface area contributed by atoms with E-state index in [-0.39, 0.29) is 6.03 Å². The van der Waals surface area contributed by atoms with Gasteiger partial charge in [-0.1, -0.05) is 6.92 Å². The number of piperidine rings is 1. The molecule has 2 saturated heterocycles. The number of anilines is 2. The minimum Gasteiger partial charge on any atom is -0.465 e. The second-order valence-corrected chi connectivity index (χ2v) is 8.34. The molecule has 1 aromatic rings. The van der Waals surface area contributed by atoms with Crippen molar-refractivity contribution >= 4 is 23.4 Å². The second-order valence-electron chi connectivity index (χ2n) is 8.34. The zero-order valence-corrected chi connectivity index (χ0v) is 17.9. The molecule has 2 atom stereocenters. The van der Waals surface area contributed by atoms with Crippen LogP contribution in [0.5, 0.6) is 0 Å². The van der Waals surface area contributed by atoms with Crippen LogP contribution in [0.3, 0.4) is 0 Å². The van der Waals surface area contributed by atoms with Crippen LogP contribution in [-0.2, 0) is 4.74 Å². The SMILES string of the molecule is COC(=O)c1ccc(N2CCCC2)c(NC(=O)NCC(C)N2CCCC(C)C2)c1. The van der Waals surface area contributed by atoms with Crippen molar-refractivity contribution in [3.05, 3.63) is 23.8 Å². The lowest BCUT2D eigenvalue weighted by Crippen LogP contribution is -2.47. The number of esters is 1. The Balaban J connectivity index is 1.63. The van der Waals surface area contributed by atoms with Gasteiger partial charge in [-0.25, -0.2) is 9.59 Å². The van der Waals surface area contributed by atoms with E-state index < -0.39 is 5.97 Å². The molecule has 0 saturated carbocycles. The lowest BCUT2D eigenvalue weighted by Gasteiger charge is -2.35. The van der Waals surface area contributed by atoms with E-state index in [1.807, 2.05) is 6.07 Å². The van der Waals surface area contributed by atoms with Gasteiger partial charge < -0.3 is 20.3 Å². The number of carbonyl (C=O) groups is 2. The zero-order chi connectivity index (χ0) is 20.8. The standard InChI is InChI=1S/C22H34N4O3/c1-16-7-6-12-26(15-16)17(2)14-23-22(28)24-19-13-18(21(27)29-3)8-9-20(19)25-10-4-5-11-25/h8-9,13,16-17H,4-7,10-12,14-15H2,1-3H3,(H2,23,24,28). The molecule has 7 nitrogen and oxygen atoms in total. The summed E-state index contributed by atoms with van der Waals surface area (Å²) in [6, 6.07) is 5.40. The molecule has 2 heterocycles. The van der Waals surface area contributed by atoms with Gasteiger partial charge >= 0.3 is 12.0 Å². The molecule has 2 amide bonds. The van der Waals surface area contributed by atoms with Crippen LogP contribution in [0.15, 0.2) is 18.2 Å². The molecular formula is C22H34N4O3. The van der Waals surface area contributed by atoms with Gasteiger partial charge in [0, 0.05) is 32.2 Å². The number of methoxy groups -OCH3 is 1. The molecule has 7 heteroatoms. The second kappa shape index (κ2) is 9.96. The number of hydrogen-bond donors (Lipinski definition) is 2. The van der Waals surface area contributed by atoms with Crippen LogP contribution in [0.4, 0.5) is 16.2 Å². The summed E-state index contributed by atoms with van der Waals surface area (Å²) in [5.41, 5.74) is 2.02. The van der Waals surface area contributed by atoms with Crippen LogP contribution < -0.4 is 15.5 Å². The summed E-state index contributed by atoms with van der Waals surface area (Å²) in [5, 5.41) is 5.95. The summed E-state index contributed by atoms with van der Waals surface area (Å²) >= 11 is 0. The third kappa shape index (κ3) is 5.63. The number of ether oxygens (including phenoxy) is 1. The van der Waals surface area contributed by atoms with Crippen LogP contribution in [0.2, 0.25) is 0 Å². The lowest BCUT2D eigenvalue weighted by atomic mass is 9.99. The van der Waals surface area contributed by atoms with E-state index in [0.717, 1.165) is 44.7 Å². The summed E-state index contributed by atoms with van der Waals surface area (Å²) in [7, 11) is 1.36. The first kappa shape index (κ1) is 21.4. The number of amides is 2. The van der Waals surface area contributed by atoms with Gasteiger partial charge in [0.25, 0.3) is 0 Å². The molecule has 0 radical (unpaired) electrons. The van der Waals surface area contributed by atoms with Gasteiger partial charge in [-0.15, -0.1) is 0 Å². The minimum absolute atomic E-state index is 0.246. The Morgan fingerprint density at radius 1 is 1.21 bits per heavy atom. The van der Waals surface area contributed by atoms with E-state index >= 15 is 0 Å². The topological polar surface area (TPSA) is 73.9 Å². The van der Waals surface area contributed by atoms with E-state index in [4.69, 9.17) is 4.74 Å². The fourth-order valence-electron chi connectivity index (χ4n) is 4.28. The average molecular weight is 403 g/mol. The molecule has 2 aliphatic heterocycles. The fourth-order valence-corrected chi connectivity index (χ4v) is 4.28. The van der Waals surface area contributed by atoms with E-state index in [0.29, 0.717) is 29.8 Å². The number of hydrogen-bond acceptors (Lipinski definition) is 5. The summed E-state index contributed by atoms with van der Waals surface area (Å²) in [6.07, 6.45) is 4.77. The van der Waals surface area contributed by atoms with Crippen LogP contribution in [0.1, 0.15) is 49.9 Å². The molecule has 2 unspecified atom stereocenters. The first-order valence-electron chi connectivity index (χ1n) is 10.7. The summed E-state index contributed by atoms with van der Waals surface area (Å²) < 4.78 is 4.83. The van der Waals surface area contributed by atoms with Crippen molar-refractivity contribution in [2.75, 3.05) is 50.1 Å². The molecule has 0 aliphatic carbocycles.